The van der Waals surface area contributed by atoms with E-state index in [2.05, 4.69) is 15.6 Å². The molecule has 2 aromatic carbocycles. The third kappa shape index (κ3) is 3.45. The first-order valence-electron chi connectivity index (χ1n) is 8.52. The van der Waals surface area contributed by atoms with E-state index in [9.17, 15) is 14.0 Å². The highest BCUT2D eigenvalue weighted by Gasteiger charge is 2.21. The smallest absolute Gasteiger partial charge is 0.292 e. The van der Waals surface area contributed by atoms with Crippen LogP contribution >= 0.6 is 0 Å². The van der Waals surface area contributed by atoms with Crippen molar-refractivity contribution in [1.82, 2.24) is 9.38 Å². The molecule has 2 amide bonds. The van der Waals surface area contributed by atoms with E-state index in [4.69, 9.17) is 0 Å². The Kier molecular flexibility index (Phi) is 4.55. The van der Waals surface area contributed by atoms with Gasteiger partial charge in [-0.25, -0.2) is 9.37 Å². The van der Waals surface area contributed by atoms with Crippen LogP contribution in [0.5, 0.6) is 0 Å². The van der Waals surface area contributed by atoms with Gasteiger partial charge < -0.3 is 10.6 Å². The Balaban J connectivity index is 1.67. The van der Waals surface area contributed by atoms with Crippen LogP contribution in [0.15, 0.2) is 79.0 Å². The van der Waals surface area contributed by atoms with E-state index in [0.717, 1.165) is 0 Å². The second-order valence-corrected chi connectivity index (χ2v) is 6.02. The number of anilines is 2. The number of rotatable bonds is 4. The van der Waals surface area contributed by atoms with Crippen LogP contribution in [-0.4, -0.2) is 21.2 Å². The summed E-state index contributed by atoms with van der Waals surface area (Å²) in [4.78, 5) is 29.7. The third-order valence-corrected chi connectivity index (χ3v) is 4.10. The average molecular weight is 374 g/mol. The molecule has 0 radical (unpaired) electrons. The van der Waals surface area contributed by atoms with Crippen LogP contribution in [0.2, 0.25) is 0 Å². The monoisotopic (exact) mass is 374 g/mol. The summed E-state index contributed by atoms with van der Waals surface area (Å²) >= 11 is 0. The number of nitrogens with one attached hydrogen (secondary N) is 2. The highest BCUT2D eigenvalue weighted by atomic mass is 19.1. The number of aromatic nitrogens is 2. The molecule has 0 spiro atoms. The maximum Gasteiger partial charge on any atom is 0.292 e. The Bertz CT molecular complexity index is 1150. The highest BCUT2D eigenvalue weighted by molar-refractivity contribution is 6.10. The van der Waals surface area contributed by atoms with Crippen molar-refractivity contribution in [2.75, 3.05) is 10.6 Å². The quantitative estimate of drug-likeness (QED) is 0.567. The molecule has 0 aliphatic carbocycles. The molecule has 138 valence electrons. The molecule has 4 rings (SSSR count). The summed E-state index contributed by atoms with van der Waals surface area (Å²) in [5.41, 5.74) is 1.69. The number of nitrogens with zero attached hydrogens (tertiary/aromatic N) is 2. The Hall–Kier alpha value is -4.00. The predicted octanol–water partition coefficient (Wildman–Crippen LogP) is 3.98. The SMILES string of the molecule is O=C(Nc1ccccc1)c1nc(C(=O)Nc2ccc(F)cc2)n2ccccc12. The molecule has 0 saturated carbocycles. The molecule has 0 aliphatic heterocycles. The Morgan fingerprint density at radius 1 is 0.786 bits per heavy atom. The van der Waals surface area contributed by atoms with E-state index in [1.54, 1.807) is 40.9 Å². The van der Waals surface area contributed by atoms with E-state index in [-0.39, 0.29) is 11.5 Å². The average Bonchev–Trinajstić information content (AvgIpc) is 3.10. The van der Waals surface area contributed by atoms with E-state index >= 15 is 0 Å². The highest BCUT2D eigenvalue weighted by Crippen LogP contribution is 2.17. The van der Waals surface area contributed by atoms with Crippen molar-refractivity contribution in [3.8, 4) is 0 Å². The normalized spacial score (nSPS) is 10.6. The maximum atomic E-state index is 13.1. The van der Waals surface area contributed by atoms with Crippen LogP contribution in [-0.2, 0) is 0 Å². The zero-order valence-corrected chi connectivity index (χ0v) is 14.6. The van der Waals surface area contributed by atoms with Crippen molar-refractivity contribution in [2.24, 2.45) is 0 Å². The van der Waals surface area contributed by atoms with E-state index in [1.165, 1.54) is 24.3 Å². The summed E-state index contributed by atoms with van der Waals surface area (Å²) < 4.78 is 14.6. The molecular formula is C21H15FN4O2. The summed E-state index contributed by atoms with van der Waals surface area (Å²) in [6.45, 7) is 0. The van der Waals surface area contributed by atoms with Crippen LogP contribution in [0.4, 0.5) is 15.8 Å². The number of benzene rings is 2. The van der Waals surface area contributed by atoms with Crippen molar-refractivity contribution < 1.29 is 14.0 Å². The number of pyridine rings is 1. The van der Waals surface area contributed by atoms with E-state index in [0.29, 0.717) is 16.9 Å². The molecule has 2 heterocycles. The van der Waals surface area contributed by atoms with Crippen LogP contribution < -0.4 is 10.6 Å². The number of para-hydroxylation sites is 1. The summed E-state index contributed by atoms with van der Waals surface area (Å²) in [5, 5.41) is 5.43. The molecule has 0 bridgehead atoms. The Labute approximate surface area is 159 Å². The van der Waals surface area contributed by atoms with Gasteiger partial charge in [0.25, 0.3) is 11.8 Å². The van der Waals surface area contributed by atoms with Crippen molar-refractivity contribution >= 4 is 28.7 Å². The summed E-state index contributed by atoms with van der Waals surface area (Å²) in [6, 6.07) is 19.6. The third-order valence-electron chi connectivity index (χ3n) is 4.10. The second kappa shape index (κ2) is 7.32. The number of hydrogen-bond acceptors (Lipinski definition) is 3. The maximum absolute atomic E-state index is 13.1. The number of hydrogen-bond donors (Lipinski definition) is 2. The lowest BCUT2D eigenvalue weighted by Gasteiger charge is -2.04. The second-order valence-electron chi connectivity index (χ2n) is 6.02. The molecule has 6 nitrogen and oxygen atoms in total. The minimum atomic E-state index is -0.508. The molecular weight excluding hydrogens is 359 g/mol. The molecule has 0 atom stereocenters. The first-order chi connectivity index (χ1) is 13.6. The largest absolute Gasteiger partial charge is 0.321 e. The van der Waals surface area contributed by atoms with Gasteiger partial charge >= 0.3 is 0 Å². The molecule has 7 heteroatoms. The van der Waals surface area contributed by atoms with E-state index < -0.39 is 17.6 Å². The van der Waals surface area contributed by atoms with Gasteiger partial charge in [-0.2, -0.15) is 0 Å². The van der Waals surface area contributed by atoms with Crippen LogP contribution in [0.1, 0.15) is 21.1 Å². The molecule has 0 saturated heterocycles. The first-order valence-corrected chi connectivity index (χ1v) is 8.52. The van der Waals surface area contributed by atoms with Crippen molar-refractivity contribution in [3.05, 3.63) is 96.3 Å². The van der Waals surface area contributed by atoms with Gasteiger partial charge in [0.15, 0.2) is 5.69 Å². The van der Waals surface area contributed by atoms with Gasteiger partial charge in [-0.3, -0.25) is 14.0 Å². The topological polar surface area (TPSA) is 75.5 Å². The molecule has 0 aliphatic rings. The lowest BCUT2D eigenvalue weighted by molar-refractivity contribution is 0.101. The fourth-order valence-corrected chi connectivity index (χ4v) is 2.80. The molecule has 4 aromatic rings. The minimum absolute atomic E-state index is 0.0538. The van der Waals surface area contributed by atoms with E-state index in [1.807, 2.05) is 18.2 Å². The standard InChI is InChI=1S/C21H15FN4O2/c22-14-9-11-16(12-10-14)24-21(28)19-25-18(17-8-4-5-13-26(17)19)20(27)23-15-6-2-1-3-7-15/h1-13H,(H,23,27)(H,24,28). The van der Waals surface area contributed by atoms with Crippen molar-refractivity contribution in [1.29, 1.82) is 0 Å². The zero-order chi connectivity index (χ0) is 19.5. The number of halogens is 1. The van der Waals surface area contributed by atoms with Gasteiger partial charge in [0.1, 0.15) is 5.82 Å². The van der Waals surface area contributed by atoms with Gasteiger partial charge in [0, 0.05) is 17.6 Å². The summed E-state index contributed by atoms with van der Waals surface area (Å²) in [5.74, 6) is -1.27. The fraction of sp³-hybridized carbons (Fsp3) is 0. The zero-order valence-electron chi connectivity index (χ0n) is 14.6. The number of fused-ring (bicyclic) bond motifs is 1. The molecule has 2 aromatic heterocycles. The number of carbonyl (C=O) groups excluding carboxylic acids is 2. The van der Waals surface area contributed by atoms with Gasteiger partial charge in [0.05, 0.1) is 5.52 Å². The summed E-state index contributed by atoms with van der Waals surface area (Å²) in [7, 11) is 0. The fourth-order valence-electron chi connectivity index (χ4n) is 2.80. The van der Waals surface area contributed by atoms with Crippen LogP contribution in [0, 0.1) is 5.82 Å². The lowest BCUT2D eigenvalue weighted by Crippen LogP contribution is -2.16. The van der Waals surface area contributed by atoms with Crippen LogP contribution in [0.25, 0.3) is 5.52 Å². The molecule has 0 unspecified atom stereocenters. The Morgan fingerprint density at radius 3 is 2.18 bits per heavy atom. The summed E-state index contributed by atoms with van der Waals surface area (Å²) in [6.07, 6.45) is 1.65. The minimum Gasteiger partial charge on any atom is -0.321 e. The first kappa shape index (κ1) is 17.4. The van der Waals surface area contributed by atoms with Gasteiger partial charge in [-0.1, -0.05) is 24.3 Å². The number of imidazole rings is 1. The predicted molar refractivity (Wildman–Crippen MR) is 104 cm³/mol. The molecule has 28 heavy (non-hydrogen) atoms. The number of amides is 2. The molecule has 0 fully saturated rings. The van der Waals surface area contributed by atoms with Gasteiger partial charge in [-0.15, -0.1) is 0 Å². The van der Waals surface area contributed by atoms with Gasteiger partial charge in [-0.05, 0) is 48.5 Å². The van der Waals surface area contributed by atoms with Gasteiger partial charge in [0.2, 0.25) is 5.82 Å². The van der Waals surface area contributed by atoms with Crippen molar-refractivity contribution in [2.45, 2.75) is 0 Å². The number of carbonyl (C=O) groups is 2. The lowest BCUT2D eigenvalue weighted by atomic mass is 10.3. The Morgan fingerprint density at radius 2 is 1.43 bits per heavy atom. The van der Waals surface area contributed by atoms with Crippen LogP contribution in [0.3, 0.4) is 0 Å². The van der Waals surface area contributed by atoms with Crippen molar-refractivity contribution in [3.63, 3.8) is 0 Å². The molecule has 2 N–H and O–H groups in total.